The van der Waals surface area contributed by atoms with E-state index in [4.69, 9.17) is 9.47 Å². The first kappa shape index (κ1) is 19.8. The van der Waals surface area contributed by atoms with Gasteiger partial charge in [0.2, 0.25) is 6.79 Å². The summed E-state index contributed by atoms with van der Waals surface area (Å²) >= 11 is 0. The molecule has 2 heterocycles. The summed E-state index contributed by atoms with van der Waals surface area (Å²) in [5, 5.41) is 2.84. The van der Waals surface area contributed by atoms with Gasteiger partial charge in [-0.25, -0.2) is 0 Å². The number of nitrogens with zero attached hydrogens (tertiary/aromatic N) is 1. The van der Waals surface area contributed by atoms with Gasteiger partial charge in [-0.3, -0.25) is 19.3 Å². The molecule has 5 rings (SSSR count). The van der Waals surface area contributed by atoms with Gasteiger partial charge in [-0.2, -0.15) is 0 Å². The molecule has 0 aliphatic carbocycles. The third kappa shape index (κ3) is 3.37. The Morgan fingerprint density at radius 2 is 1.69 bits per heavy atom. The van der Waals surface area contributed by atoms with Gasteiger partial charge in [-0.15, -0.1) is 0 Å². The average Bonchev–Trinajstić information content (AvgIpc) is 3.39. The number of benzene rings is 3. The van der Waals surface area contributed by atoms with Crippen molar-refractivity contribution in [1.82, 2.24) is 10.2 Å². The van der Waals surface area contributed by atoms with E-state index >= 15 is 0 Å². The number of carbonyl (C=O) groups excluding carboxylic acids is 3. The Morgan fingerprint density at radius 1 is 0.938 bits per heavy atom. The van der Waals surface area contributed by atoms with Gasteiger partial charge in [-0.1, -0.05) is 36.4 Å². The number of carbonyl (C=O) groups is 3. The minimum Gasteiger partial charge on any atom is -0.454 e. The van der Waals surface area contributed by atoms with Crippen LogP contribution in [-0.4, -0.2) is 29.4 Å². The minimum absolute atomic E-state index is 0.187. The van der Waals surface area contributed by atoms with Crippen LogP contribution >= 0.6 is 0 Å². The Bertz CT molecular complexity index is 1240. The Labute approximate surface area is 184 Å². The van der Waals surface area contributed by atoms with E-state index in [1.165, 1.54) is 11.0 Å². The maximum atomic E-state index is 13.0. The van der Waals surface area contributed by atoms with Crippen LogP contribution in [0.15, 0.2) is 66.7 Å². The highest BCUT2D eigenvalue weighted by Gasteiger charge is 2.39. The van der Waals surface area contributed by atoms with Crippen LogP contribution in [0.2, 0.25) is 0 Å². The highest BCUT2D eigenvalue weighted by atomic mass is 16.7. The van der Waals surface area contributed by atoms with Crippen LogP contribution in [0.1, 0.15) is 55.2 Å². The smallest absolute Gasteiger partial charge is 0.262 e. The predicted octanol–water partition coefficient (Wildman–Crippen LogP) is 3.70. The maximum Gasteiger partial charge on any atom is 0.262 e. The zero-order valence-corrected chi connectivity index (χ0v) is 17.3. The number of hydrogen-bond acceptors (Lipinski definition) is 5. The van der Waals surface area contributed by atoms with Crippen LogP contribution < -0.4 is 14.8 Å². The molecular formula is C25H20N2O5. The summed E-state index contributed by atoms with van der Waals surface area (Å²) in [5.41, 5.74) is 2.60. The van der Waals surface area contributed by atoms with E-state index < -0.39 is 11.9 Å². The fourth-order valence-corrected chi connectivity index (χ4v) is 3.97. The molecule has 0 spiro atoms. The van der Waals surface area contributed by atoms with Crippen LogP contribution in [0, 0.1) is 0 Å². The number of nitrogens with one attached hydrogen (secondary N) is 1. The third-order valence-corrected chi connectivity index (χ3v) is 5.74. The summed E-state index contributed by atoms with van der Waals surface area (Å²) in [5.74, 6) is 0.239. The van der Waals surface area contributed by atoms with Crippen LogP contribution in [0.25, 0.3) is 0 Å². The predicted molar refractivity (Wildman–Crippen MR) is 116 cm³/mol. The molecule has 2 aliphatic heterocycles. The second kappa shape index (κ2) is 7.85. The topological polar surface area (TPSA) is 84.9 Å². The molecule has 2 aliphatic rings. The summed E-state index contributed by atoms with van der Waals surface area (Å²) in [7, 11) is 0. The molecule has 32 heavy (non-hydrogen) atoms. The molecule has 3 amide bonds. The Morgan fingerprint density at radius 3 is 2.50 bits per heavy atom. The molecular weight excluding hydrogens is 408 g/mol. The van der Waals surface area contributed by atoms with E-state index in [9.17, 15) is 14.4 Å². The molecule has 1 unspecified atom stereocenters. The van der Waals surface area contributed by atoms with Gasteiger partial charge in [-0.05, 0) is 48.4 Å². The van der Waals surface area contributed by atoms with Crippen molar-refractivity contribution in [2.45, 2.75) is 19.5 Å². The normalized spacial score (nSPS) is 15.0. The van der Waals surface area contributed by atoms with Crippen molar-refractivity contribution in [3.63, 3.8) is 0 Å². The molecule has 0 saturated heterocycles. The van der Waals surface area contributed by atoms with Crippen molar-refractivity contribution < 1.29 is 23.9 Å². The molecule has 3 aromatic carbocycles. The molecule has 7 nitrogen and oxygen atoms in total. The molecule has 0 aromatic heterocycles. The molecule has 3 aromatic rings. The number of hydrogen-bond donors (Lipinski definition) is 1. The van der Waals surface area contributed by atoms with E-state index in [1.807, 2.05) is 49.4 Å². The van der Waals surface area contributed by atoms with Gasteiger partial charge >= 0.3 is 0 Å². The van der Waals surface area contributed by atoms with Gasteiger partial charge in [0.15, 0.2) is 11.5 Å². The van der Waals surface area contributed by atoms with Crippen LogP contribution in [-0.2, 0) is 6.54 Å². The first-order chi connectivity index (χ1) is 15.5. The highest BCUT2D eigenvalue weighted by Crippen LogP contribution is 2.33. The number of imide groups is 1. The van der Waals surface area contributed by atoms with E-state index in [1.54, 1.807) is 18.2 Å². The fraction of sp³-hybridized carbons (Fsp3) is 0.160. The van der Waals surface area contributed by atoms with E-state index in [2.05, 4.69) is 5.32 Å². The van der Waals surface area contributed by atoms with Crippen molar-refractivity contribution in [3.05, 3.63) is 94.5 Å². The molecule has 1 N–H and O–H groups in total. The second-order valence-corrected chi connectivity index (χ2v) is 7.70. The Kier molecular flexibility index (Phi) is 4.86. The minimum atomic E-state index is -0.410. The van der Waals surface area contributed by atoms with Gasteiger partial charge in [0, 0.05) is 12.1 Å². The zero-order valence-electron chi connectivity index (χ0n) is 17.3. The lowest BCUT2D eigenvalue weighted by Gasteiger charge is -2.22. The van der Waals surface area contributed by atoms with Crippen LogP contribution in [0.4, 0.5) is 0 Å². The van der Waals surface area contributed by atoms with Crippen LogP contribution in [0.5, 0.6) is 11.5 Å². The number of rotatable bonds is 5. The third-order valence-electron chi connectivity index (χ3n) is 5.74. The van der Waals surface area contributed by atoms with E-state index in [0.29, 0.717) is 22.6 Å². The molecule has 1 atom stereocenters. The largest absolute Gasteiger partial charge is 0.454 e. The molecule has 7 heteroatoms. The average molecular weight is 428 g/mol. The number of fused-ring (bicyclic) bond motifs is 2. The first-order valence-corrected chi connectivity index (χ1v) is 10.3. The van der Waals surface area contributed by atoms with Crippen molar-refractivity contribution in [3.8, 4) is 11.5 Å². The van der Waals surface area contributed by atoms with Gasteiger partial charge < -0.3 is 14.8 Å². The summed E-state index contributed by atoms with van der Waals surface area (Å²) in [6.45, 7) is 2.29. The van der Waals surface area contributed by atoms with Crippen molar-refractivity contribution in [1.29, 1.82) is 0 Å². The lowest BCUT2D eigenvalue weighted by Crippen LogP contribution is -2.32. The van der Waals surface area contributed by atoms with Crippen LogP contribution in [0.3, 0.4) is 0 Å². The highest BCUT2D eigenvalue weighted by molar-refractivity contribution is 6.22. The fourth-order valence-electron chi connectivity index (χ4n) is 3.97. The zero-order chi connectivity index (χ0) is 22.2. The Hall–Kier alpha value is -4.13. The Balaban J connectivity index is 1.32. The SMILES string of the molecule is CC(c1ccccc1)N1C(=O)c2ccc(C(=O)NCc3ccc4c(c3)OCO4)cc2C1=O. The lowest BCUT2D eigenvalue weighted by atomic mass is 10.1. The standard InChI is InChI=1S/C25H20N2O5/c1-15(17-5-3-2-4-6-17)27-24(29)19-9-8-18(12-20(19)25(27)30)23(28)26-13-16-7-10-21-22(11-16)32-14-31-21/h2-12,15H,13-14H2,1H3,(H,26,28). The maximum absolute atomic E-state index is 13.0. The molecule has 0 radical (unpaired) electrons. The van der Waals surface area contributed by atoms with Gasteiger partial charge in [0.05, 0.1) is 17.2 Å². The monoisotopic (exact) mass is 428 g/mol. The van der Waals surface area contributed by atoms with Gasteiger partial charge in [0.25, 0.3) is 17.7 Å². The van der Waals surface area contributed by atoms with Crippen molar-refractivity contribution >= 4 is 17.7 Å². The molecule has 0 fully saturated rings. The van der Waals surface area contributed by atoms with Crippen molar-refractivity contribution in [2.75, 3.05) is 6.79 Å². The molecule has 0 saturated carbocycles. The van der Waals surface area contributed by atoms with E-state index in [0.717, 1.165) is 11.1 Å². The van der Waals surface area contributed by atoms with Crippen molar-refractivity contribution in [2.24, 2.45) is 0 Å². The quantitative estimate of drug-likeness (QED) is 0.627. The number of amides is 3. The summed E-state index contributed by atoms with van der Waals surface area (Å²) in [4.78, 5) is 39.9. The summed E-state index contributed by atoms with van der Waals surface area (Å²) < 4.78 is 10.6. The first-order valence-electron chi connectivity index (χ1n) is 10.3. The number of ether oxygens (including phenoxy) is 2. The van der Waals surface area contributed by atoms with E-state index in [-0.39, 0.29) is 30.7 Å². The second-order valence-electron chi connectivity index (χ2n) is 7.70. The molecule has 160 valence electrons. The lowest BCUT2D eigenvalue weighted by molar-refractivity contribution is 0.0595. The van der Waals surface area contributed by atoms with Gasteiger partial charge in [0.1, 0.15) is 0 Å². The summed E-state index contributed by atoms with van der Waals surface area (Å²) in [6.07, 6.45) is 0. The summed E-state index contributed by atoms with van der Waals surface area (Å²) in [6, 6.07) is 19.0. The molecule has 0 bridgehead atoms.